The lowest BCUT2D eigenvalue weighted by atomic mass is 10.1. The van der Waals surface area contributed by atoms with E-state index in [1.165, 1.54) is 0 Å². The molecule has 5 heteroatoms. The van der Waals surface area contributed by atoms with Gasteiger partial charge < -0.3 is 19.9 Å². The van der Waals surface area contributed by atoms with E-state index in [0.717, 1.165) is 24.8 Å². The summed E-state index contributed by atoms with van der Waals surface area (Å²) >= 11 is 0. The summed E-state index contributed by atoms with van der Waals surface area (Å²) in [7, 11) is 3.17. The Kier molecular flexibility index (Phi) is 5.44. The van der Waals surface area contributed by atoms with Crippen LogP contribution in [0.3, 0.4) is 0 Å². The largest absolute Gasteiger partial charge is 0.497 e. The van der Waals surface area contributed by atoms with Crippen LogP contribution in [-0.2, 0) is 11.2 Å². The van der Waals surface area contributed by atoms with E-state index in [1.54, 1.807) is 20.3 Å². The van der Waals surface area contributed by atoms with Gasteiger partial charge in [-0.1, -0.05) is 12.5 Å². The Morgan fingerprint density at radius 2 is 2.14 bits per heavy atom. The van der Waals surface area contributed by atoms with E-state index in [2.05, 4.69) is 5.32 Å². The highest BCUT2D eigenvalue weighted by Gasteiger charge is 2.25. The lowest BCUT2D eigenvalue weighted by Crippen LogP contribution is -2.33. The van der Waals surface area contributed by atoms with E-state index >= 15 is 0 Å². The Bertz CT molecular complexity index is 489. The maximum absolute atomic E-state index is 12.0. The SMILES string of the molecule is COc1ccc(CC(=O)NCC2CCCC2O)c(OC)c1. The zero-order valence-electron chi connectivity index (χ0n) is 12.6. The van der Waals surface area contributed by atoms with Gasteiger partial charge in [0, 0.05) is 24.1 Å². The first-order valence-electron chi connectivity index (χ1n) is 7.29. The molecule has 0 aromatic heterocycles. The minimum Gasteiger partial charge on any atom is -0.497 e. The smallest absolute Gasteiger partial charge is 0.224 e. The number of benzene rings is 1. The van der Waals surface area contributed by atoms with Gasteiger partial charge in [0.15, 0.2) is 0 Å². The summed E-state index contributed by atoms with van der Waals surface area (Å²) < 4.78 is 10.4. The van der Waals surface area contributed by atoms with Crippen LogP contribution in [-0.4, -0.2) is 37.9 Å². The van der Waals surface area contributed by atoms with Gasteiger partial charge in [-0.2, -0.15) is 0 Å². The van der Waals surface area contributed by atoms with Gasteiger partial charge in [-0.3, -0.25) is 4.79 Å². The molecule has 0 heterocycles. The van der Waals surface area contributed by atoms with Gasteiger partial charge in [0.25, 0.3) is 0 Å². The second kappa shape index (κ2) is 7.31. The monoisotopic (exact) mass is 293 g/mol. The van der Waals surface area contributed by atoms with Crippen LogP contribution in [0.25, 0.3) is 0 Å². The van der Waals surface area contributed by atoms with Crippen molar-refractivity contribution < 1.29 is 19.4 Å². The van der Waals surface area contributed by atoms with Crippen LogP contribution in [0.5, 0.6) is 11.5 Å². The molecule has 116 valence electrons. The number of carbonyl (C=O) groups excluding carboxylic acids is 1. The second-order valence-corrected chi connectivity index (χ2v) is 5.42. The first-order valence-corrected chi connectivity index (χ1v) is 7.29. The van der Waals surface area contributed by atoms with E-state index in [-0.39, 0.29) is 24.3 Å². The highest BCUT2D eigenvalue weighted by atomic mass is 16.5. The molecule has 2 unspecified atom stereocenters. The van der Waals surface area contributed by atoms with E-state index in [9.17, 15) is 9.90 Å². The number of hydrogen-bond donors (Lipinski definition) is 2. The molecule has 1 aliphatic rings. The van der Waals surface area contributed by atoms with Crippen LogP contribution in [0.15, 0.2) is 18.2 Å². The first kappa shape index (κ1) is 15.6. The van der Waals surface area contributed by atoms with Crippen LogP contribution in [0.2, 0.25) is 0 Å². The summed E-state index contributed by atoms with van der Waals surface area (Å²) in [5.41, 5.74) is 0.822. The van der Waals surface area contributed by atoms with E-state index < -0.39 is 0 Å². The Labute approximate surface area is 125 Å². The third kappa shape index (κ3) is 4.11. The maximum Gasteiger partial charge on any atom is 0.224 e. The summed E-state index contributed by atoms with van der Waals surface area (Å²) in [5.74, 6) is 1.47. The normalized spacial score (nSPS) is 21.1. The van der Waals surface area contributed by atoms with Crippen molar-refractivity contribution in [3.8, 4) is 11.5 Å². The molecule has 1 fully saturated rings. The molecule has 0 saturated heterocycles. The van der Waals surface area contributed by atoms with Crippen LogP contribution in [0, 0.1) is 5.92 Å². The minimum absolute atomic E-state index is 0.0578. The van der Waals surface area contributed by atoms with E-state index in [4.69, 9.17) is 9.47 Å². The molecular formula is C16H23NO4. The fourth-order valence-corrected chi connectivity index (χ4v) is 2.73. The first-order chi connectivity index (χ1) is 10.1. The number of amides is 1. The molecule has 5 nitrogen and oxygen atoms in total. The molecule has 1 aromatic carbocycles. The van der Waals surface area contributed by atoms with Crippen LogP contribution < -0.4 is 14.8 Å². The van der Waals surface area contributed by atoms with Crippen LogP contribution >= 0.6 is 0 Å². The molecule has 0 spiro atoms. The number of aliphatic hydroxyl groups excluding tert-OH is 1. The van der Waals surface area contributed by atoms with Crippen molar-refractivity contribution >= 4 is 5.91 Å². The van der Waals surface area contributed by atoms with Gasteiger partial charge >= 0.3 is 0 Å². The average Bonchev–Trinajstić information content (AvgIpc) is 2.91. The summed E-state index contributed by atoms with van der Waals surface area (Å²) in [6.07, 6.45) is 2.84. The molecule has 2 atom stereocenters. The molecular weight excluding hydrogens is 270 g/mol. The minimum atomic E-state index is -0.277. The van der Waals surface area contributed by atoms with Crippen molar-refractivity contribution in [2.75, 3.05) is 20.8 Å². The summed E-state index contributed by atoms with van der Waals surface area (Å²) in [6.45, 7) is 0.540. The lowest BCUT2D eigenvalue weighted by molar-refractivity contribution is -0.120. The third-order valence-electron chi connectivity index (χ3n) is 4.03. The Balaban J connectivity index is 1.90. The summed E-state index contributed by atoms with van der Waals surface area (Å²) in [6, 6.07) is 5.41. The van der Waals surface area contributed by atoms with Gasteiger partial charge in [-0.25, -0.2) is 0 Å². The summed E-state index contributed by atoms with van der Waals surface area (Å²) in [4.78, 5) is 12.0. The van der Waals surface area contributed by atoms with Crippen LogP contribution in [0.1, 0.15) is 24.8 Å². The standard InChI is InChI=1S/C16H23NO4/c1-20-13-7-6-11(15(9-13)21-2)8-16(19)17-10-12-4-3-5-14(12)18/h6-7,9,12,14,18H,3-5,8,10H2,1-2H3,(H,17,19). The van der Waals surface area contributed by atoms with E-state index in [1.807, 2.05) is 12.1 Å². The fraction of sp³-hybridized carbons (Fsp3) is 0.562. The molecule has 1 aliphatic carbocycles. The Morgan fingerprint density at radius 3 is 2.76 bits per heavy atom. The number of ether oxygens (including phenoxy) is 2. The quantitative estimate of drug-likeness (QED) is 0.834. The van der Waals surface area contributed by atoms with Gasteiger partial charge in [-0.15, -0.1) is 0 Å². The number of methoxy groups -OCH3 is 2. The highest BCUT2D eigenvalue weighted by Crippen LogP contribution is 2.26. The number of rotatable bonds is 6. The number of nitrogens with one attached hydrogen (secondary N) is 1. The van der Waals surface area contributed by atoms with Crippen molar-refractivity contribution in [3.63, 3.8) is 0 Å². The highest BCUT2D eigenvalue weighted by molar-refractivity contribution is 5.79. The topological polar surface area (TPSA) is 67.8 Å². The number of carbonyl (C=O) groups is 1. The number of hydrogen-bond acceptors (Lipinski definition) is 4. The zero-order valence-corrected chi connectivity index (χ0v) is 12.6. The molecule has 1 amide bonds. The molecule has 1 saturated carbocycles. The average molecular weight is 293 g/mol. The molecule has 0 bridgehead atoms. The predicted octanol–water partition coefficient (Wildman–Crippen LogP) is 1.52. The van der Waals surface area contributed by atoms with Gasteiger partial charge in [0.05, 0.1) is 26.7 Å². The van der Waals surface area contributed by atoms with Gasteiger partial charge in [0.1, 0.15) is 11.5 Å². The molecule has 2 N–H and O–H groups in total. The third-order valence-corrected chi connectivity index (χ3v) is 4.03. The van der Waals surface area contributed by atoms with Crippen molar-refractivity contribution in [1.29, 1.82) is 0 Å². The lowest BCUT2D eigenvalue weighted by Gasteiger charge is -2.15. The van der Waals surface area contributed by atoms with Gasteiger partial charge in [-0.05, 0) is 18.9 Å². The van der Waals surface area contributed by atoms with Crippen molar-refractivity contribution in [2.24, 2.45) is 5.92 Å². The van der Waals surface area contributed by atoms with Crippen molar-refractivity contribution in [2.45, 2.75) is 31.8 Å². The Hall–Kier alpha value is -1.75. The maximum atomic E-state index is 12.0. The summed E-state index contributed by atoms with van der Waals surface area (Å²) in [5, 5.41) is 12.6. The fourth-order valence-electron chi connectivity index (χ4n) is 2.73. The predicted molar refractivity (Wildman–Crippen MR) is 79.6 cm³/mol. The van der Waals surface area contributed by atoms with Crippen molar-refractivity contribution in [1.82, 2.24) is 5.32 Å². The second-order valence-electron chi connectivity index (χ2n) is 5.42. The molecule has 0 radical (unpaired) electrons. The molecule has 1 aromatic rings. The van der Waals surface area contributed by atoms with Gasteiger partial charge in [0.2, 0.25) is 5.91 Å². The van der Waals surface area contributed by atoms with Crippen LogP contribution in [0.4, 0.5) is 0 Å². The van der Waals surface area contributed by atoms with E-state index in [0.29, 0.717) is 18.0 Å². The molecule has 0 aliphatic heterocycles. The zero-order chi connectivity index (χ0) is 15.2. The number of aliphatic hydroxyl groups is 1. The van der Waals surface area contributed by atoms with Crippen molar-refractivity contribution in [3.05, 3.63) is 23.8 Å². The Morgan fingerprint density at radius 1 is 1.33 bits per heavy atom. The molecule has 21 heavy (non-hydrogen) atoms. The molecule has 2 rings (SSSR count).